The largest absolute Gasteiger partial charge is 0.411 e. The van der Waals surface area contributed by atoms with Crippen molar-refractivity contribution in [1.82, 2.24) is 5.32 Å². The number of hydrogen-bond donors (Lipinski definition) is 1. The van der Waals surface area contributed by atoms with Gasteiger partial charge in [0, 0.05) is 22.8 Å². The maximum atomic E-state index is 11.7. The highest BCUT2D eigenvalue weighted by Crippen LogP contribution is 2.15. The van der Waals surface area contributed by atoms with Gasteiger partial charge in [0.25, 0.3) is 0 Å². The molecule has 0 bridgehead atoms. The second kappa shape index (κ2) is 6.22. The van der Waals surface area contributed by atoms with Crippen LogP contribution in [0.4, 0.5) is 13.2 Å². The van der Waals surface area contributed by atoms with Crippen LogP contribution in [0.25, 0.3) is 0 Å². The van der Waals surface area contributed by atoms with Gasteiger partial charge in [0.1, 0.15) is 6.61 Å². The summed E-state index contributed by atoms with van der Waals surface area (Å²) in [6.07, 6.45) is -4.23. The van der Waals surface area contributed by atoms with E-state index in [-0.39, 0.29) is 6.61 Å². The summed E-state index contributed by atoms with van der Waals surface area (Å²) in [5, 5.41) is 3.02. The third-order valence-corrected chi connectivity index (χ3v) is 2.78. The molecule has 1 rings (SSSR count). The molecule has 0 amide bonds. The SMILES string of the molecule is Cc1ccc(CNCCOCC(F)(F)F)s1. The molecule has 0 atom stereocenters. The topological polar surface area (TPSA) is 21.3 Å². The first-order chi connectivity index (χ1) is 7.47. The summed E-state index contributed by atoms with van der Waals surface area (Å²) in [6.45, 7) is 2.01. The van der Waals surface area contributed by atoms with Crippen molar-refractivity contribution in [3.05, 3.63) is 21.9 Å². The minimum Gasteiger partial charge on any atom is -0.371 e. The third-order valence-electron chi connectivity index (χ3n) is 1.78. The van der Waals surface area contributed by atoms with Gasteiger partial charge in [-0.05, 0) is 19.1 Å². The molecular formula is C10H14F3NOS. The quantitative estimate of drug-likeness (QED) is 0.787. The standard InChI is InChI=1S/C10H14F3NOS/c1-8-2-3-9(16-8)6-14-4-5-15-7-10(11,12)13/h2-3,14H,4-7H2,1H3. The van der Waals surface area contributed by atoms with Crippen molar-refractivity contribution in [2.24, 2.45) is 0 Å². The Morgan fingerprint density at radius 2 is 2.12 bits per heavy atom. The molecule has 0 fully saturated rings. The van der Waals surface area contributed by atoms with Gasteiger partial charge in [0.15, 0.2) is 0 Å². The normalized spacial score (nSPS) is 12.0. The molecule has 0 spiro atoms. The fourth-order valence-corrected chi connectivity index (χ4v) is 1.98. The second-order valence-electron chi connectivity index (χ2n) is 3.36. The molecule has 2 nitrogen and oxygen atoms in total. The van der Waals surface area contributed by atoms with E-state index in [1.807, 2.05) is 19.1 Å². The van der Waals surface area contributed by atoms with Crippen molar-refractivity contribution in [3.8, 4) is 0 Å². The second-order valence-corrected chi connectivity index (χ2v) is 4.73. The lowest BCUT2D eigenvalue weighted by atomic mass is 10.4. The van der Waals surface area contributed by atoms with Crippen LogP contribution in [0.15, 0.2) is 12.1 Å². The summed E-state index contributed by atoms with van der Waals surface area (Å²) in [5.41, 5.74) is 0. The highest BCUT2D eigenvalue weighted by molar-refractivity contribution is 7.11. The number of rotatable bonds is 6. The minimum absolute atomic E-state index is 0.0733. The molecule has 0 unspecified atom stereocenters. The number of thiophene rings is 1. The van der Waals surface area contributed by atoms with Crippen LogP contribution in [0.5, 0.6) is 0 Å². The average Bonchev–Trinajstić information content (AvgIpc) is 2.56. The predicted octanol–water partition coefficient (Wildman–Crippen LogP) is 2.73. The summed E-state index contributed by atoms with van der Waals surface area (Å²) in [6, 6.07) is 4.02. The Morgan fingerprint density at radius 3 is 2.69 bits per heavy atom. The zero-order valence-corrected chi connectivity index (χ0v) is 9.75. The number of nitrogens with one attached hydrogen (secondary N) is 1. The van der Waals surface area contributed by atoms with Gasteiger partial charge in [-0.1, -0.05) is 0 Å². The van der Waals surface area contributed by atoms with E-state index >= 15 is 0 Å². The smallest absolute Gasteiger partial charge is 0.371 e. The molecule has 0 aliphatic carbocycles. The molecule has 0 aliphatic heterocycles. The van der Waals surface area contributed by atoms with Gasteiger partial charge in [-0.3, -0.25) is 0 Å². The van der Waals surface area contributed by atoms with E-state index in [2.05, 4.69) is 10.1 Å². The fourth-order valence-electron chi connectivity index (χ4n) is 1.12. The van der Waals surface area contributed by atoms with Gasteiger partial charge in [-0.15, -0.1) is 11.3 Å². The van der Waals surface area contributed by atoms with E-state index in [4.69, 9.17) is 0 Å². The molecule has 0 aliphatic rings. The first-order valence-electron chi connectivity index (χ1n) is 4.88. The lowest BCUT2D eigenvalue weighted by molar-refractivity contribution is -0.173. The van der Waals surface area contributed by atoms with Crippen LogP contribution in [-0.4, -0.2) is 25.9 Å². The zero-order valence-electron chi connectivity index (χ0n) is 8.93. The molecule has 1 N–H and O–H groups in total. The van der Waals surface area contributed by atoms with Crippen molar-refractivity contribution >= 4 is 11.3 Å². The molecule has 16 heavy (non-hydrogen) atoms. The highest BCUT2D eigenvalue weighted by atomic mass is 32.1. The Balaban J connectivity index is 2.00. The van der Waals surface area contributed by atoms with E-state index in [0.29, 0.717) is 13.1 Å². The average molecular weight is 253 g/mol. The van der Waals surface area contributed by atoms with Crippen molar-refractivity contribution < 1.29 is 17.9 Å². The Bertz CT molecular complexity index is 311. The van der Waals surface area contributed by atoms with Gasteiger partial charge >= 0.3 is 6.18 Å². The molecule has 1 heterocycles. The van der Waals surface area contributed by atoms with Gasteiger partial charge in [0.05, 0.1) is 6.61 Å². The summed E-state index contributed by atoms with van der Waals surface area (Å²) in [7, 11) is 0. The molecule has 1 aromatic heterocycles. The summed E-state index contributed by atoms with van der Waals surface area (Å²) >= 11 is 1.67. The molecule has 0 aromatic carbocycles. The van der Waals surface area contributed by atoms with Gasteiger partial charge in [-0.2, -0.15) is 13.2 Å². The summed E-state index contributed by atoms with van der Waals surface area (Å²) < 4.78 is 39.5. The van der Waals surface area contributed by atoms with Crippen LogP contribution in [0.3, 0.4) is 0 Å². The molecular weight excluding hydrogens is 239 g/mol. The molecule has 0 saturated carbocycles. The number of ether oxygens (including phenoxy) is 1. The minimum atomic E-state index is -4.23. The Morgan fingerprint density at radius 1 is 1.38 bits per heavy atom. The van der Waals surface area contributed by atoms with Crippen LogP contribution in [0, 0.1) is 6.92 Å². The lowest BCUT2D eigenvalue weighted by Gasteiger charge is -2.07. The molecule has 92 valence electrons. The van der Waals surface area contributed by atoms with E-state index in [0.717, 1.165) is 0 Å². The first-order valence-corrected chi connectivity index (χ1v) is 5.69. The lowest BCUT2D eigenvalue weighted by Crippen LogP contribution is -2.23. The highest BCUT2D eigenvalue weighted by Gasteiger charge is 2.27. The Labute approximate surface area is 96.4 Å². The van der Waals surface area contributed by atoms with Crippen molar-refractivity contribution in [2.45, 2.75) is 19.6 Å². The van der Waals surface area contributed by atoms with Crippen LogP contribution in [0.2, 0.25) is 0 Å². The van der Waals surface area contributed by atoms with Crippen molar-refractivity contribution in [2.75, 3.05) is 19.8 Å². The predicted molar refractivity (Wildman–Crippen MR) is 57.6 cm³/mol. The Hall–Kier alpha value is -0.590. The van der Waals surface area contributed by atoms with E-state index in [1.165, 1.54) is 9.75 Å². The van der Waals surface area contributed by atoms with E-state index in [9.17, 15) is 13.2 Å². The monoisotopic (exact) mass is 253 g/mol. The Kier molecular flexibility index (Phi) is 5.24. The number of aryl methyl sites for hydroxylation is 1. The number of halogens is 3. The van der Waals surface area contributed by atoms with E-state index in [1.54, 1.807) is 11.3 Å². The van der Waals surface area contributed by atoms with Gasteiger partial charge in [-0.25, -0.2) is 0 Å². The van der Waals surface area contributed by atoms with Crippen molar-refractivity contribution in [1.29, 1.82) is 0 Å². The summed E-state index contributed by atoms with van der Waals surface area (Å²) in [4.78, 5) is 2.40. The van der Waals surface area contributed by atoms with Gasteiger partial charge in [0.2, 0.25) is 0 Å². The maximum Gasteiger partial charge on any atom is 0.411 e. The molecule has 0 saturated heterocycles. The molecule has 0 radical (unpaired) electrons. The van der Waals surface area contributed by atoms with Gasteiger partial charge < -0.3 is 10.1 Å². The number of hydrogen-bond acceptors (Lipinski definition) is 3. The first kappa shape index (κ1) is 13.5. The molecule has 6 heteroatoms. The maximum absolute atomic E-state index is 11.7. The summed E-state index contributed by atoms with van der Waals surface area (Å²) in [5.74, 6) is 0. The van der Waals surface area contributed by atoms with Crippen molar-refractivity contribution in [3.63, 3.8) is 0 Å². The third kappa shape index (κ3) is 6.09. The van der Waals surface area contributed by atoms with Crippen LogP contribution in [-0.2, 0) is 11.3 Å². The van der Waals surface area contributed by atoms with Crippen LogP contribution < -0.4 is 5.32 Å². The van der Waals surface area contributed by atoms with Crippen LogP contribution in [0.1, 0.15) is 9.75 Å². The van der Waals surface area contributed by atoms with E-state index < -0.39 is 12.8 Å². The number of alkyl halides is 3. The zero-order chi connectivity index (χ0) is 12.0. The molecule has 1 aromatic rings. The fraction of sp³-hybridized carbons (Fsp3) is 0.600. The van der Waals surface area contributed by atoms with Crippen LogP contribution >= 0.6 is 11.3 Å².